The van der Waals surface area contributed by atoms with Gasteiger partial charge in [-0.2, -0.15) is 0 Å². The molecule has 3 aromatic rings. The number of methoxy groups -OCH3 is 1. The van der Waals surface area contributed by atoms with E-state index in [9.17, 15) is 0 Å². The quantitative estimate of drug-likeness (QED) is 0.696. The van der Waals surface area contributed by atoms with Crippen LogP contribution in [-0.4, -0.2) is 16.5 Å². The van der Waals surface area contributed by atoms with Crippen LogP contribution >= 0.6 is 0 Å². The summed E-state index contributed by atoms with van der Waals surface area (Å²) in [6, 6.07) is 14.2. The molecule has 0 saturated heterocycles. The van der Waals surface area contributed by atoms with E-state index in [1.807, 2.05) is 36.4 Å². The summed E-state index contributed by atoms with van der Waals surface area (Å²) in [5, 5.41) is 0. The molecule has 2 aromatic heterocycles. The second-order valence-electron chi connectivity index (χ2n) is 4.64. The van der Waals surface area contributed by atoms with Gasteiger partial charge in [0.25, 0.3) is 0 Å². The number of hydrogen-bond donors (Lipinski definition) is 0. The van der Waals surface area contributed by atoms with Gasteiger partial charge in [0, 0.05) is 17.0 Å². The van der Waals surface area contributed by atoms with Crippen LogP contribution in [-0.2, 0) is 0 Å². The summed E-state index contributed by atoms with van der Waals surface area (Å²) >= 11 is 0. The third-order valence-corrected chi connectivity index (χ3v) is 3.43. The Hall–Kier alpha value is -2.29. The summed E-state index contributed by atoms with van der Waals surface area (Å²) < 4.78 is 7.37. The van der Waals surface area contributed by atoms with Crippen molar-refractivity contribution in [2.24, 2.45) is 0 Å². The number of ether oxygens (including phenoxy) is 1. The minimum atomic E-state index is 0.862. The Morgan fingerprint density at radius 1 is 1.00 bits per heavy atom. The van der Waals surface area contributed by atoms with Gasteiger partial charge < -0.3 is 9.14 Å². The van der Waals surface area contributed by atoms with Crippen LogP contribution in [0.2, 0.25) is 0 Å². The van der Waals surface area contributed by atoms with E-state index in [1.165, 1.54) is 11.4 Å². The lowest BCUT2D eigenvalue weighted by Gasteiger charge is -2.03. The molecule has 0 aliphatic rings. The first-order chi connectivity index (χ1) is 9.20. The molecule has 2 heterocycles. The van der Waals surface area contributed by atoms with E-state index < -0.39 is 0 Å². The Labute approximate surface area is 112 Å². The van der Waals surface area contributed by atoms with Crippen molar-refractivity contribution in [2.45, 2.75) is 13.8 Å². The Kier molecular flexibility index (Phi) is 2.75. The molecule has 0 saturated carbocycles. The average molecular weight is 252 g/mol. The summed E-state index contributed by atoms with van der Waals surface area (Å²) in [6.45, 7) is 4.20. The van der Waals surface area contributed by atoms with Crippen LogP contribution in [0.1, 0.15) is 11.4 Å². The van der Waals surface area contributed by atoms with Crippen molar-refractivity contribution < 1.29 is 4.74 Å². The van der Waals surface area contributed by atoms with Gasteiger partial charge in [-0.3, -0.25) is 0 Å². The summed E-state index contributed by atoms with van der Waals surface area (Å²) in [4.78, 5) is 4.72. The van der Waals surface area contributed by atoms with Gasteiger partial charge in [-0.25, -0.2) is 4.98 Å². The lowest BCUT2D eigenvalue weighted by molar-refractivity contribution is 0.415. The van der Waals surface area contributed by atoms with Crippen LogP contribution in [0.5, 0.6) is 5.75 Å². The van der Waals surface area contributed by atoms with Crippen molar-refractivity contribution in [2.75, 3.05) is 7.11 Å². The summed E-state index contributed by atoms with van der Waals surface area (Å²) in [7, 11) is 1.68. The van der Waals surface area contributed by atoms with Crippen molar-refractivity contribution in [1.82, 2.24) is 9.38 Å². The third kappa shape index (κ3) is 1.87. The van der Waals surface area contributed by atoms with Crippen LogP contribution < -0.4 is 4.74 Å². The first-order valence-electron chi connectivity index (χ1n) is 6.30. The molecule has 0 radical (unpaired) electrons. The van der Waals surface area contributed by atoms with Crippen LogP contribution in [0.3, 0.4) is 0 Å². The number of hydrogen-bond acceptors (Lipinski definition) is 2. The molecular weight excluding hydrogens is 236 g/mol. The number of pyridine rings is 1. The van der Waals surface area contributed by atoms with E-state index in [-0.39, 0.29) is 0 Å². The van der Waals surface area contributed by atoms with Gasteiger partial charge in [0.1, 0.15) is 11.4 Å². The molecule has 1 aromatic carbocycles. The zero-order valence-corrected chi connectivity index (χ0v) is 11.3. The average Bonchev–Trinajstić information content (AvgIpc) is 2.78. The number of imidazole rings is 1. The molecule has 3 nitrogen and oxygen atoms in total. The third-order valence-electron chi connectivity index (χ3n) is 3.43. The van der Waals surface area contributed by atoms with Crippen LogP contribution in [0.25, 0.3) is 16.9 Å². The molecule has 0 bridgehead atoms. The number of benzene rings is 1. The number of aromatic nitrogens is 2. The molecule has 3 heteroatoms. The second-order valence-corrected chi connectivity index (χ2v) is 4.64. The molecule has 3 rings (SSSR count). The Morgan fingerprint density at radius 3 is 2.37 bits per heavy atom. The Balaban J connectivity index is 2.19. The van der Waals surface area contributed by atoms with Gasteiger partial charge in [-0.15, -0.1) is 0 Å². The number of nitrogens with zero attached hydrogens (tertiary/aromatic N) is 2. The number of rotatable bonds is 2. The van der Waals surface area contributed by atoms with Crippen molar-refractivity contribution in [3.8, 4) is 17.0 Å². The van der Waals surface area contributed by atoms with Crippen LogP contribution in [0.4, 0.5) is 0 Å². The predicted molar refractivity (Wildman–Crippen MR) is 76.7 cm³/mol. The van der Waals surface area contributed by atoms with E-state index in [0.717, 1.165) is 22.7 Å². The zero-order valence-electron chi connectivity index (χ0n) is 11.3. The fraction of sp³-hybridized carbons (Fsp3) is 0.188. The normalized spacial score (nSPS) is 10.9. The van der Waals surface area contributed by atoms with Gasteiger partial charge in [-0.1, -0.05) is 6.07 Å². The molecule has 0 fully saturated rings. The maximum absolute atomic E-state index is 5.19. The molecular formula is C16H16N2O. The molecule has 0 spiro atoms. The van der Waals surface area contributed by atoms with Gasteiger partial charge in [0.05, 0.1) is 12.8 Å². The lowest BCUT2D eigenvalue weighted by Crippen LogP contribution is -1.92. The molecule has 19 heavy (non-hydrogen) atoms. The Morgan fingerprint density at radius 2 is 1.74 bits per heavy atom. The molecule has 0 aliphatic heterocycles. The monoisotopic (exact) mass is 252 g/mol. The van der Waals surface area contributed by atoms with E-state index in [2.05, 4.69) is 24.3 Å². The first kappa shape index (κ1) is 11.8. The highest BCUT2D eigenvalue weighted by molar-refractivity contribution is 5.67. The summed E-state index contributed by atoms with van der Waals surface area (Å²) in [6.07, 6.45) is 0. The van der Waals surface area contributed by atoms with E-state index >= 15 is 0 Å². The first-order valence-corrected chi connectivity index (χ1v) is 6.30. The van der Waals surface area contributed by atoms with Crippen LogP contribution in [0.15, 0.2) is 42.5 Å². The maximum atomic E-state index is 5.19. The highest BCUT2D eigenvalue weighted by Crippen LogP contribution is 2.26. The molecule has 0 N–H and O–H groups in total. The molecule has 0 aliphatic carbocycles. The van der Waals surface area contributed by atoms with Gasteiger partial charge >= 0.3 is 0 Å². The smallest absolute Gasteiger partial charge is 0.137 e. The SMILES string of the molecule is COc1ccc(-c2nc3cccc(C)n3c2C)cc1. The van der Waals surface area contributed by atoms with Gasteiger partial charge in [-0.05, 0) is 50.2 Å². The van der Waals surface area contributed by atoms with E-state index in [1.54, 1.807) is 7.11 Å². The van der Waals surface area contributed by atoms with Crippen molar-refractivity contribution >= 4 is 5.65 Å². The highest BCUT2D eigenvalue weighted by Gasteiger charge is 2.11. The minimum Gasteiger partial charge on any atom is -0.497 e. The molecule has 0 atom stereocenters. The highest BCUT2D eigenvalue weighted by atomic mass is 16.5. The van der Waals surface area contributed by atoms with E-state index in [4.69, 9.17) is 9.72 Å². The van der Waals surface area contributed by atoms with Crippen molar-refractivity contribution in [3.05, 3.63) is 53.9 Å². The van der Waals surface area contributed by atoms with Gasteiger partial charge in [0.2, 0.25) is 0 Å². The molecule has 96 valence electrons. The topological polar surface area (TPSA) is 26.5 Å². The zero-order chi connectivity index (χ0) is 13.4. The Bertz CT molecular complexity index is 726. The number of fused-ring (bicyclic) bond motifs is 1. The van der Waals surface area contributed by atoms with E-state index in [0.29, 0.717) is 0 Å². The largest absolute Gasteiger partial charge is 0.497 e. The molecule has 0 amide bonds. The summed E-state index contributed by atoms with van der Waals surface area (Å²) in [5.74, 6) is 0.862. The molecule has 0 unspecified atom stereocenters. The van der Waals surface area contributed by atoms with Gasteiger partial charge in [0.15, 0.2) is 0 Å². The fourth-order valence-electron chi connectivity index (χ4n) is 2.45. The second kappa shape index (κ2) is 4.43. The van der Waals surface area contributed by atoms with Crippen molar-refractivity contribution in [1.29, 1.82) is 0 Å². The minimum absolute atomic E-state index is 0.862. The maximum Gasteiger partial charge on any atom is 0.137 e. The standard InChI is InChI=1S/C16H16N2O/c1-11-5-4-6-15-17-16(12(2)18(11)15)13-7-9-14(19-3)10-8-13/h4-10H,1-3H3. The predicted octanol–water partition coefficient (Wildman–Crippen LogP) is 3.63. The lowest BCUT2D eigenvalue weighted by atomic mass is 10.1. The fourth-order valence-corrected chi connectivity index (χ4v) is 2.45. The van der Waals surface area contributed by atoms with Crippen molar-refractivity contribution in [3.63, 3.8) is 0 Å². The summed E-state index contributed by atoms with van der Waals surface area (Å²) in [5.41, 5.74) is 5.49. The van der Waals surface area contributed by atoms with Crippen LogP contribution in [0, 0.1) is 13.8 Å². The number of aryl methyl sites for hydroxylation is 2.